The van der Waals surface area contributed by atoms with Crippen molar-refractivity contribution >= 4 is 11.6 Å². The number of piperazine rings is 1. The van der Waals surface area contributed by atoms with Gasteiger partial charge in [-0.05, 0) is 45.0 Å². The van der Waals surface area contributed by atoms with Crippen molar-refractivity contribution in [2.24, 2.45) is 5.73 Å². The smallest absolute Gasteiger partial charge is 0.241 e. The predicted molar refractivity (Wildman–Crippen MR) is 78.3 cm³/mol. The molecular weight excluding hydrogens is 238 g/mol. The average molecular weight is 261 g/mol. The number of hydrogen-bond donors (Lipinski definition) is 1. The van der Waals surface area contributed by atoms with Crippen LogP contribution in [0.3, 0.4) is 0 Å². The van der Waals surface area contributed by atoms with E-state index >= 15 is 0 Å². The van der Waals surface area contributed by atoms with Crippen molar-refractivity contribution in [3.63, 3.8) is 0 Å². The molecule has 0 aliphatic carbocycles. The number of carbonyl (C=O) groups is 1. The number of hydrogen-bond acceptors (Lipinski definition) is 3. The summed E-state index contributed by atoms with van der Waals surface area (Å²) in [5.41, 5.74) is 8.00. The number of anilines is 1. The van der Waals surface area contributed by atoms with Gasteiger partial charge in [-0.15, -0.1) is 0 Å². The van der Waals surface area contributed by atoms with E-state index in [1.807, 2.05) is 42.8 Å². The molecule has 19 heavy (non-hydrogen) atoms. The van der Waals surface area contributed by atoms with E-state index in [0.717, 1.165) is 25.2 Å². The number of nitrogens with two attached hydrogens (primary N) is 1. The first-order valence-corrected chi connectivity index (χ1v) is 6.72. The Balaban J connectivity index is 2.08. The highest BCUT2D eigenvalue weighted by Gasteiger charge is 2.22. The number of likely N-dealkylation sites (N-methyl/N-ethyl adjacent to an activating group) is 1. The van der Waals surface area contributed by atoms with Gasteiger partial charge in [0.05, 0.1) is 6.54 Å². The van der Waals surface area contributed by atoms with Gasteiger partial charge in [0, 0.05) is 24.3 Å². The van der Waals surface area contributed by atoms with Crippen LogP contribution in [0, 0.1) is 0 Å². The van der Waals surface area contributed by atoms with E-state index in [0.29, 0.717) is 6.54 Å². The third-order valence-corrected chi connectivity index (χ3v) is 3.32. The van der Waals surface area contributed by atoms with Crippen molar-refractivity contribution in [2.45, 2.75) is 25.8 Å². The third-order valence-electron chi connectivity index (χ3n) is 3.32. The third kappa shape index (κ3) is 3.78. The standard InChI is InChI=1S/C15H23N3O/c1-15(2,16)10-12-4-6-13(7-5-12)18-9-8-17(3)11-14(18)19/h4-7H,8-11,16H2,1-3H3. The lowest BCUT2D eigenvalue weighted by Gasteiger charge is -2.32. The summed E-state index contributed by atoms with van der Waals surface area (Å²) in [5.74, 6) is 0.167. The monoisotopic (exact) mass is 261 g/mol. The zero-order valence-corrected chi connectivity index (χ0v) is 12.0. The van der Waals surface area contributed by atoms with Gasteiger partial charge < -0.3 is 10.6 Å². The van der Waals surface area contributed by atoms with Crippen molar-refractivity contribution in [3.05, 3.63) is 29.8 Å². The molecule has 0 saturated carbocycles. The predicted octanol–water partition coefficient (Wildman–Crippen LogP) is 1.24. The minimum Gasteiger partial charge on any atom is -0.325 e. The highest BCUT2D eigenvalue weighted by Crippen LogP contribution is 2.19. The molecule has 0 aromatic heterocycles. The van der Waals surface area contributed by atoms with Crippen molar-refractivity contribution in [1.29, 1.82) is 0 Å². The molecule has 1 aliphatic rings. The quantitative estimate of drug-likeness (QED) is 0.891. The number of carbonyl (C=O) groups excluding carboxylic acids is 1. The van der Waals surface area contributed by atoms with E-state index in [4.69, 9.17) is 5.73 Å². The first-order chi connectivity index (χ1) is 8.85. The molecule has 1 aromatic rings. The molecule has 0 atom stereocenters. The van der Waals surface area contributed by atoms with Gasteiger partial charge in [0.2, 0.25) is 5.91 Å². The zero-order valence-electron chi connectivity index (χ0n) is 12.0. The molecule has 104 valence electrons. The van der Waals surface area contributed by atoms with Crippen LogP contribution in [0.1, 0.15) is 19.4 Å². The fourth-order valence-electron chi connectivity index (χ4n) is 2.38. The Labute approximate surface area is 115 Å². The van der Waals surface area contributed by atoms with Crippen LogP contribution in [-0.4, -0.2) is 43.0 Å². The second kappa shape index (κ2) is 5.31. The molecule has 2 N–H and O–H groups in total. The Kier molecular flexibility index (Phi) is 3.92. The van der Waals surface area contributed by atoms with Crippen LogP contribution in [0.15, 0.2) is 24.3 Å². The van der Waals surface area contributed by atoms with Crippen LogP contribution in [0.4, 0.5) is 5.69 Å². The van der Waals surface area contributed by atoms with Crippen LogP contribution < -0.4 is 10.6 Å². The molecule has 0 spiro atoms. The lowest BCUT2D eigenvalue weighted by Crippen LogP contribution is -2.48. The van der Waals surface area contributed by atoms with Crippen LogP contribution >= 0.6 is 0 Å². The second-order valence-corrected chi connectivity index (χ2v) is 6.11. The largest absolute Gasteiger partial charge is 0.325 e. The molecule has 2 rings (SSSR count). The lowest BCUT2D eigenvalue weighted by atomic mass is 9.96. The number of amides is 1. The normalized spacial score (nSPS) is 17.9. The highest BCUT2D eigenvalue weighted by molar-refractivity contribution is 5.95. The van der Waals surface area contributed by atoms with Gasteiger partial charge in [-0.3, -0.25) is 9.69 Å². The summed E-state index contributed by atoms with van der Waals surface area (Å²) in [5, 5.41) is 0. The summed E-state index contributed by atoms with van der Waals surface area (Å²) in [6.07, 6.45) is 0.837. The molecule has 0 unspecified atom stereocenters. The lowest BCUT2D eigenvalue weighted by molar-refractivity contribution is -0.120. The minimum atomic E-state index is -0.203. The Hall–Kier alpha value is -1.39. The molecule has 1 heterocycles. The fraction of sp³-hybridized carbons (Fsp3) is 0.533. The average Bonchev–Trinajstić information content (AvgIpc) is 2.28. The van der Waals surface area contributed by atoms with E-state index in [1.165, 1.54) is 5.56 Å². The molecule has 0 radical (unpaired) electrons. The second-order valence-electron chi connectivity index (χ2n) is 6.11. The topological polar surface area (TPSA) is 49.6 Å². The van der Waals surface area contributed by atoms with Gasteiger partial charge in [-0.2, -0.15) is 0 Å². The van der Waals surface area contributed by atoms with Gasteiger partial charge in [0.25, 0.3) is 0 Å². The Morgan fingerprint density at radius 3 is 2.37 bits per heavy atom. The fourth-order valence-corrected chi connectivity index (χ4v) is 2.38. The summed E-state index contributed by atoms with van der Waals surface area (Å²) in [6.45, 7) is 6.22. The molecule has 4 nitrogen and oxygen atoms in total. The van der Waals surface area contributed by atoms with Crippen LogP contribution in [0.2, 0.25) is 0 Å². The van der Waals surface area contributed by atoms with E-state index in [9.17, 15) is 4.79 Å². The minimum absolute atomic E-state index is 0.167. The molecule has 1 aliphatic heterocycles. The van der Waals surface area contributed by atoms with Crippen LogP contribution in [0.25, 0.3) is 0 Å². The van der Waals surface area contributed by atoms with Gasteiger partial charge in [-0.1, -0.05) is 12.1 Å². The van der Waals surface area contributed by atoms with E-state index in [-0.39, 0.29) is 11.4 Å². The Bertz CT molecular complexity index is 447. The maximum absolute atomic E-state index is 12.0. The van der Waals surface area contributed by atoms with Gasteiger partial charge >= 0.3 is 0 Å². The van der Waals surface area contributed by atoms with Crippen LogP contribution in [0.5, 0.6) is 0 Å². The van der Waals surface area contributed by atoms with Gasteiger partial charge in [-0.25, -0.2) is 0 Å². The van der Waals surface area contributed by atoms with E-state index in [1.54, 1.807) is 0 Å². The molecule has 4 heteroatoms. The molecule has 1 saturated heterocycles. The maximum Gasteiger partial charge on any atom is 0.241 e. The van der Waals surface area contributed by atoms with E-state index in [2.05, 4.69) is 12.1 Å². The Morgan fingerprint density at radius 1 is 1.21 bits per heavy atom. The number of benzene rings is 1. The first-order valence-electron chi connectivity index (χ1n) is 6.72. The SMILES string of the molecule is CN1CCN(c2ccc(CC(C)(C)N)cc2)C(=O)C1. The Morgan fingerprint density at radius 2 is 1.84 bits per heavy atom. The van der Waals surface area contributed by atoms with E-state index < -0.39 is 0 Å². The van der Waals surface area contributed by atoms with Crippen molar-refractivity contribution in [3.8, 4) is 0 Å². The highest BCUT2D eigenvalue weighted by atomic mass is 16.2. The number of nitrogens with zero attached hydrogens (tertiary/aromatic N) is 2. The summed E-state index contributed by atoms with van der Waals surface area (Å²) in [4.78, 5) is 15.9. The first kappa shape index (κ1) is 14.0. The van der Waals surface area contributed by atoms with Gasteiger partial charge in [0.15, 0.2) is 0 Å². The summed E-state index contributed by atoms with van der Waals surface area (Å²) in [7, 11) is 1.97. The molecule has 1 amide bonds. The molecule has 1 fully saturated rings. The van der Waals surface area contributed by atoms with Crippen LogP contribution in [-0.2, 0) is 11.2 Å². The molecule has 1 aromatic carbocycles. The van der Waals surface area contributed by atoms with Crippen molar-refractivity contribution in [2.75, 3.05) is 31.6 Å². The maximum atomic E-state index is 12.0. The summed E-state index contributed by atoms with van der Waals surface area (Å²) in [6, 6.07) is 8.17. The van der Waals surface area contributed by atoms with Crippen molar-refractivity contribution in [1.82, 2.24) is 4.90 Å². The van der Waals surface area contributed by atoms with Gasteiger partial charge in [0.1, 0.15) is 0 Å². The summed E-state index contributed by atoms with van der Waals surface area (Å²) < 4.78 is 0. The molecule has 0 bridgehead atoms. The zero-order chi connectivity index (χ0) is 14.0. The summed E-state index contributed by atoms with van der Waals surface area (Å²) >= 11 is 0. The number of rotatable bonds is 3. The molecular formula is C15H23N3O. The van der Waals surface area contributed by atoms with Crippen molar-refractivity contribution < 1.29 is 4.79 Å².